The number of carbonyl (C=O) groups excluding carboxylic acids is 1. The molecule has 3 nitrogen and oxygen atoms in total. The summed E-state index contributed by atoms with van der Waals surface area (Å²) in [5.74, 6) is -0.598. The Balaban J connectivity index is 1.96. The molecule has 122 valence electrons. The fourth-order valence-electron chi connectivity index (χ4n) is 2.40. The number of nitrogens with one attached hydrogen (secondary N) is 2. The zero-order chi connectivity index (χ0) is 16.8. The molecule has 0 aliphatic rings. The molecule has 2 atom stereocenters. The van der Waals surface area contributed by atoms with E-state index in [-0.39, 0.29) is 17.6 Å². The monoisotopic (exact) mass is 315 g/mol. The van der Waals surface area contributed by atoms with Crippen molar-refractivity contribution in [2.24, 2.45) is 0 Å². The Hall–Kier alpha value is -2.20. The predicted molar refractivity (Wildman–Crippen MR) is 90.9 cm³/mol. The van der Waals surface area contributed by atoms with Crippen LogP contribution in [0.25, 0.3) is 0 Å². The number of amides is 1. The minimum atomic E-state index is -0.416. The highest BCUT2D eigenvalue weighted by molar-refractivity contribution is 5.93. The summed E-state index contributed by atoms with van der Waals surface area (Å²) in [6.45, 7) is 4.73. The summed E-state index contributed by atoms with van der Waals surface area (Å²) < 4.78 is 13.6. The Morgan fingerprint density at radius 2 is 1.74 bits per heavy atom. The second-order valence-corrected chi connectivity index (χ2v) is 5.88. The van der Waals surface area contributed by atoms with Gasteiger partial charge in [0, 0.05) is 5.56 Å². The maximum absolute atomic E-state index is 13.6. The van der Waals surface area contributed by atoms with Crippen LogP contribution in [0.2, 0.25) is 0 Å². The lowest BCUT2D eigenvalue weighted by atomic mass is 10.1. The number of anilines is 1. The molecule has 2 aromatic rings. The van der Waals surface area contributed by atoms with Gasteiger partial charge in [0.2, 0.25) is 0 Å². The van der Waals surface area contributed by atoms with Gasteiger partial charge in [0.1, 0.15) is 12.4 Å². The summed E-state index contributed by atoms with van der Waals surface area (Å²) in [6, 6.07) is 14.4. The molecule has 0 aliphatic carbocycles. The van der Waals surface area contributed by atoms with E-state index in [1.807, 2.05) is 14.0 Å². The lowest BCUT2D eigenvalue weighted by molar-refractivity contribution is -0.907. The first-order valence-corrected chi connectivity index (χ1v) is 7.96. The zero-order valence-electron chi connectivity index (χ0n) is 13.9. The van der Waals surface area contributed by atoms with Crippen LogP contribution in [0.15, 0.2) is 48.5 Å². The van der Waals surface area contributed by atoms with Gasteiger partial charge in [-0.25, -0.2) is 4.39 Å². The smallest absolute Gasteiger partial charge is 0.282 e. The summed E-state index contributed by atoms with van der Waals surface area (Å²) in [4.78, 5) is 13.4. The summed E-state index contributed by atoms with van der Waals surface area (Å²) in [7, 11) is 1.97. The minimum Gasteiger partial charge on any atom is -0.324 e. The van der Waals surface area contributed by atoms with Gasteiger partial charge < -0.3 is 10.2 Å². The molecule has 2 rings (SSSR count). The van der Waals surface area contributed by atoms with Gasteiger partial charge in [-0.3, -0.25) is 4.79 Å². The Morgan fingerprint density at radius 3 is 2.35 bits per heavy atom. The van der Waals surface area contributed by atoms with E-state index in [9.17, 15) is 9.18 Å². The molecule has 2 aromatic carbocycles. The van der Waals surface area contributed by atoms with Gasteiger partial charge in [-0.1, -0.05) is 43.3 Å². The molecule has 0 fully saturated rings. The molecule has 0 radical (unpaired) electrons. The lowest BCUT2D eigenvalue weighted by Gasteiger charge is -2.21. The molecule has 0 aliphatic heterocycles. The van der Waals surface area contributed by atoms with E-state index >= 15 is 0 Å². The fraction of sp³-hybridized carbons (Fsp3) is 0.316. The van der Waals surface area contributed by atoms with Crippen LogP contribution in [0.5, 0.6) is 0 Å². The van der Waals surface area contributed by atoms with Crippen molar-refractivity contribution in [1.29, 1.82) is 0 Å². The first-order chi connectivity index (χ1) is 11.0. The van der Waals surface area contributed by atoms with E-state index in [1.165, 1.54) is 17.2 Å². The van der Waals surface area contributed by atoms with E-state index < -0.39 is 5.82 Å². The second-order valence-electron chi connectivity index (χ2n) is 5.88. The number of aryl methyl sites for hydroxylation is 1. The maximum atomic E-state index is 13.6. The van der Waals surface area contributed by atoms with Gasteiger partial charge in [0.25, 0.3) is 5.91 Å². The Kier molecular flexibility index (Phi) is 5.88. The van der Waals surface area contributed by atoms with Crippen LogP contribution in [0.1, 0.15) is 25.0 Å². The molecule has 0 saturated carbocycles. The normalized spacial score (nSPS) is 13.4. The number of benzene rings is 2. The Bertz CT molecular complexity index is 655. The second kappa shape index (κ2) is 7.88. The topological polar surface area (TPSA) is 33.5 Å². The molecule has 0 heterocycles. The summed E-state index contributed by atoms with van der Waals surface area (Å²) >= 11 is 0. The first-order valence-electron chi connectivity index (χ1n) is 7.96. The summed E-state index contributed by atoms with van der Waals surface area (Å²) in [6.07, 6.45) is 1.02. The highest BCUT2D eigenvalue weighted by Crippen LogP contribution is 2.12. The van der Waals surface area contributed by atoms with Crippen LogP contribution in [-0.4, -0.2) is 19.0 Å². The Labute approximate surface area is 137 Å². The standard InChI is InChI=1S/C19H23FN2O/c1-4-15-9-11-16(12-10-15)13-22(3)14(2)19(23)21-18-8-6-5-7-17(18)20/h5-12,14H,4,13H2,1-3H3,(H,21,23)/p+1/t14-/m1/s1. The van der Waals surface area contributed by atoms with E-state index in [4.69, 9.17) is 0 Å². The number of halogens is 1. The summed E-state index contributed by atoms with van der Waals surface area (Å²) in [5, 5.41) is 2.66. The largest absolute Gasteiger partial charge is 0.324 e. The van der Waals surface area contributed by atoms with Crippen molar-refractivity contribution in [3.63, 3.8) is 0 Å². The van der Waals surface area contributed by atoms with Gasteiger partial charge in [0.15, 0.2) is 6.04 Å². The highest BCUT2D eigenvalue weighted by atomic mass is 19.1. The fourth-order valence-corrected chi connectivity index (χ4v) is 2.40. The highest BCUT2D eigenvalue weighted by Gasteiger charge is 2.22. The van der Waals surface area contributed by atoms with Crippen LogP contribution in [0.4, 0.5) is 10.1 Å². The number of carbonyl (C=O) groups is 1. The molecule has 4 heteroatoms. The van der Waals surface area contributed by atoms with Crippen LogP contribution in [0.3, 0.4) is 0 Å². The molecule has 1 amide bonds. The molecule has 0 bridgehead atoms. The van der Waals surface area contributed by atoms with E-state index in [1.54, 1.807) is 18.2 Å². The van der Waals surface area contributed by atoms with E-state index in [0.29, 0.717) is 0 Å². The lowest BCUT2D eigenvalue weighted by Crippen LogP contribution is -3.12. The van der Waals surface area contributed by atoms with Crippen LogP contribution < -0.4 is 10.2 Å². The third kappa shape index (κ3) is 4.63. The van der Waals surface area contributed by atoms with Gasteiger partial charge >= 0.3 is 0 Å². The predicted octanol–water partition coefficient (Wildman–Crippen LogP) is 2.43. The molecule has 1 unspecified atom stereocenters. The van der Waals surface area contributed by atoms with Gasteiger partial charge in [0.05, 0.1) is 12.7 Å². The van der Waals surface area contributed by atoms with Crippen LogP contribution in [0, 0.1) is 5.82 Å². The van der Waals surface area contributed by atoms with Crippen molar-refractivity contribution in [2.45, 2.75) is 32.9 Å². The minimum absolute atomic E-state index is 0.183. The van der Waals surface area contributed by atoms with Crippen molar-refractivity contribution in [3.05, 3.63) is 65.5 Å². The quantitative estimate of drug-likeness (QED) is 0.843. The SMILES string of the molecule is CCc1ccc(C[NH+](C)[C@H](C)C(=O)Nc2ccccc2F)cc1. The molecular weight excluding hydrogens is 291 g/mol. The van der Waals surface area contributed by atoms with Crippen molar-refractivity contribution in [1.82, 2.24) is 0 Å². The third-order valence-corrected chi connectivity index (χ3v) is 4.18. The van der Waals surface area contributed by atoms with Crippen molar-refractivity contribution in [3.8, 4) is 0 Å². The third-order valence-electron chi connectivity index (χ3n) is 4.18. The summed E-state index contributed by atoms with van der Waals surface area (Å²) in [5.41, 5.74) is 2.71. The number of quaternary nitrogens is 1. The van der Waals surface area contributed by atoms with E-state index in [2.05, 4.69) is 36.5 Å². The van der Waals surface area contributed by atoms with Gasteiger partial charge in [-0.15, -0.1) is 0 Å². The van der Waals surface area contributed by atoms with Gasteiger partial charge in [-0.2, -0.15) is 0 Å². The first kappa shape index (κ1) is 17.2. The molecule has 0 spiro atoms. The molecule has 2 N–H and O–H groups in total. The average molecular weight is 315 g/mol. The van der Waals surface area contributed by atoms with Crippen molar-refractivity contribution >= 4 is 11.6 Å². The average Bonchev–Trinajstić information content (AvgIpc) is 2.56. The zero-order valence-corrected chi connectivity index (χ0v) is 13.9. The number of hydrogen-bond donors (Lipinski definition) is 2. The van der Waals surface area contributed by atoms with Gasteiger partial charge in [-0.05, 0) is 31.0 Å². The van der Waals surface area contributed by atoms with Crippen LogP contribution >= 0.6 is 0 Å². The molecular formula is C19H24FN2O+. The molecule has 0 aromatic heterocycles. The maximum Gasteiger partial charge on any atom is 0.282 e. The number of para-hydroxylation sites is 1. The molecule has 0 saturated heterocycles. The number of likely N-dealkylation sites (N-methyl/N-ethyl adjacent to an activating group) is 1. The van der Waals surface area contributed by atoms with Crippen molar-refractivity contribution < 1.29 is 14.1 Å². The van der Waals surface area contributed by atoms with Crippen molar-refractivity contribution in [2.75, 3.05) is 12.4 Å². The number of rotatable bonds is 6. The molecule has 23 heavy (non-hydrogen) atoms. The Morgan fingerprint density at radius 1 is 1.13 bits per heavy atom. The number of hydrogen-bond acceptors (Lipinski definition) is 1. The van der Waals surface area contributed by atoms with E-state index in [0.717, 1.165) is 17.9 Å². The van der Waals surface area contributed by atoms with Crippen LogP contribution in [-0.2, 0) is 17.8 Å².